The van der Waals surface area contributed by atoms with E-state index in [0.29, 0.717) is 13.0 Å². The lowest BCUT2D eigenvalue weighted by atomic mass is 10.3. The topological polar surface area (TPSA) is 54.9 Å². The van der Waals surface area contributed by atoms with Crippen molar-refractivity contribution in [3.8, 4) is 0 Å². The minimum Gasteiger partial charge on any atom is -0.352 e. The fourth-order valence-corrected chi connectivity index (χ4v) is 1.03. The Labute approximate surface area is 83.1 Å². The van der Waals surface area contributed by atoms with Gasteiger partial charge in [0.1, 0.15) is 5.82 Å². The van der Waals surface area contributed by atoms with Crippen molar-refractivity contribution in [2.24, 2.45) is 0 Å². The summed E-state index contributed by atoms with van der Waals surface area (Å²) in [5.41, 5.74) is 0.932. The third kappa shape index (κ3) is 3.35. The Morgan fingerprint density at radius 2 is 2.50 bits per heavy atom. The van der Waals surface area contributed by atoms with Crippen LogP contribution in [0, 0.1) is 6.92 Å². The summed E-state index contributed by atoms with van der Waals surface area (Å²) in [4.78, 5) is 19.0. The highest BCUT2D eigenvalue weighted by Gasteiger charge is 1.97. The molecule has 1 amide bonds. The SMILES string of the molecule is C=CC(=O)NCCc1ccnc(C)n1. The second-order valence-corrected chi connectivity index (χ2v) is 2.84. The van der Waals surface area contributed by atoms with Crippen LogP contribution in [0.1, 0.15) is 11.5 Å². The standard InChI is InChI=1S/C10H13N3O/c1-3-10(14)12-7-5-9-4-6-11-8(2)13-9/h3-4,6H,1,5,7H2,2H3,(H,12,14). The molecular weight excluding hydrogens is 178 g/mol. The van der Waals surface area contributed by atoms with E-state index in [9.17, 15) is 4.79 Å². The lowest BCUT2D eigenvalue weighted by Gasteiger charge is -2.01. The molecule has 0 aliphatic carbocycles. The average molecular weight is 191 g/mol. The van der Waals surface area contributed by atoms with Crippen molar-refractivity contribution < 1.29 is 4.79 Å². The minimum absolute atomic E-state index is 0.157. The monoisotopic (exact) mass is 191 g/mol. The highest BCUT2D eigenvalue weighted by Crippen LogP contribution is 1.94. The summed E-state index contributed by atoms with van der Waals surface area (Å²) >= 11 is 0. The number of amides is 1. The van der Waals surface area contributed by atoms with E-state index in [1.807, 2.05) is 13.0 Å². The van der Waals surface area contributed by atoms with E-state index < -0.39 is 0 Å². The maximum atomic E-state index is 10.8. The van der Waals surface area contributed by atoms with Crippen molar-refractivity contribution in [3.63, 3.8) is 0 Å². The summed E-state index contributed by atoms with van der Waals surface area (Å²) in [5.74, 6) is 0.591. The summed E-state index contributed by atoms with van der Waals surface area (Å²) in [5, 5.41) is 2.68. The molecule has 0 spiro atoms. The third-order valence-corrected chi connectivity index (χ3v) is 1.70. The van der Waals surface area contributed by atoms with Crippen molar-refractivity contribution in [2.75, 3.05) is 6.54 Å². The quantitative estimate of drug-likeness (QED) is 0.710. The van der Waals surface area contributed by atoms with Crippen molar-refractivity contribution in [1.82, 2.24) is 15.3 Å². The van der Waals surface area contributed by atoms with Gasteiger partial charge >= 0.3 is 0 Å². The molecule has 0 aliphatic heterocycles. The van der Waals surface area contributed by atoms with Crippen LogP contribution in [0.15, 0.2) is 24.9 Å². The van der Waals surface area contributed by atoms with Crippen molar-refractivity contribution in [2.45, 2.75) is 13.3 Å². The molecule has 4 nitrogen and oxygen atoms in total. The summed E-state index contributed by atoms with van der Waals surface area (Å²) in [6.45, 7) is 5.77. The third-order valence-electron chi connectivity index (χ3n) is 1.70. The summed E-state index contributed by atoms with van der Waals surface area (Å²) in [6, 6.07) is 1.84. The Kier molecular flexibility index (Phi) is 3.79. The molecular formula is C10H13N3O. The number of hydrogen-bond donors (Lipinski definition) is 1. The molecule has 0 aromatic carbocycles. The van der Waals surface area contributed by atoms with Gasteiger partial charge < -0.3 is 5.32 Å². The predicted molar refractivity (Wildman–Crippen MR) is 53.7 cm³/mol. The highest BCUT2D eigenvalue weighted by molar-refractivity contribution is 5.86. The number of nitrogens with one attached hydrogen (secondary N) is 1. The van der Waals surface area contributed by atoms with Gasteiger partial charge in [-0.1, -0.05) is 6.58 Å². The molecule has 0 bridgehead atoms. The second kappa shape index (κ2) is 5.11. The lowest BCUT2D eigenvalue weighted by molar-refractivity contribution is -0.116. The van der Waals surface area contributed by atoms with E-state index in [2.05, 4.69) is 21.9 Å². The van der Waals surface area contributed by atoms with Crippen molar-refractivity contribution in [1.29, 1.82) is 0 Å². The zero-order valence-corrected chi connectivity index (χ0v) is 8.16. The predicted octanol–water partition coefficient (Wildman–Crippen LogP) is 0.630. The summed E-state index contributed by atoms with van der Waals surface area (Å²) < 4.78 is 0. The van der Waals surface area contributed by atoms with Gasteiger partial charge in [0, 0.05) is 24.9 Å². The fourth-order valence-electron chi connectivity index (χ4n) is 1.03. The van der Waals surface area contributed by atoms with E-state index in [-0.39, 0.29) is 5.91 Å². The second-order valence-electron chi connectivity index (χ2n) is 2.84. The van der Waals surface area contributed by atoms with E-state index in [0.717, 1.165) is 11.5 Å². The molecule has 74 valence electrons. The molecule has 1 rings (SSSR count). The van der Waals surface area contributed by atoms with Crippen LogP contribution >= 0.6 is 0 Å². The number of aryl methyl sites for hydroxylation is 1. The van der Waals surface area contributed by atoms with E-state index in [1.54, 1.807) is 6.20 Å². The summed E-state index contributed by atoms with van der Waals surface area (Å²) in [7, 11) is 0. The number of carbonyl (C=O) groups is 1. The van der Waals surface area contributed by atoms with Crippen molar-refractivity contribution >= 4 is 5.91 Å². The van der Waals surface area contributed by atoms with Crippen LogP contribution in [0.5, 0.6) is 0 Å². The van der Waals surface area contributed by atoms with Crippen molar-refractivity contribution in [3.05, 3.63) is 36.4 Å². The number of nitrogens with zero attached hydrogens (tertiary/aromatic N) is 2. The molecule has 1 heterocycles. The highest BCUT2D eigenvalue weighted by atomic mass is 16.1. The molecule has 0 atom stereocenters. The number of carbonyl (C=O) groups excluding carboxylic acids is 1. The van der Waals surface area contributed by atoms with Crippen LogP contribution in [0.3, 0.4) is 0 Å². The first-order valence-corrected chi connectivity index (χ1v) is 4.41. The largest absolute Gasteiger partial charge is 0.352 e. The first kappa shape index (κ1) is 10.4. The van der Waals surface area contributed by atoms with Crippen LogP contribution in [0.4, 0.5) is 0 Å². The normalized spacial score (nSPS) is 9.50. The van der Waals surface area contributed by atoms with Gasteiger partial charge in [0.15, 0.2) is 0 Å². The molecule has 0 aliphatic rings. The molecule has 4 heteroatoms. The Bertz CT molecular complexity index is 336. The van der Waals surface area contributed by atoms with Crippen LogP contribution in [0.2, 0.25) is 0 Å². The number of aromatic nitrogens is 2. The molecule has 1 aromatic heterocycles. The fraction of sp³-hybridized carbons (Fsp3) is 0.300. The molecule has 0 radical (unpaired) electrons. The lowest BCUT2D eigenvalue weighted by Crippen LogP contribution is -2.23. The van der Waals surface area contributed by atoms with Gasteiger partial charge in [0.2, 0.25) is 5.91 Å². The number of hydrogen-bond acceptors (Lipinski definition) is 3. The van der Waals surface area contributed by atoms with E-state index in [4.69, 9.17) is 0 Å². The first-order valence-electron chi connectivity index (χ1n) is 4.41. The Morgan fingerprint density at radius 3 is 3.14 bits per heavy atom. The van der Waals surface area contributed by atoms with Gasteiger partial charge in [-0.25, -0.2) is 9.97 Å². The van der Waals surface area contributed by atoms with Crippen LogP contribution in [-0.4, -0.2) is 22.4 Å². The Morgan fingerprint density at radius 1 is 1.71 bits per heavy atom. The van der Waals surface area contributed by atoms with Gasteiger partial charge in [-0.15, -0.1) is 0 Å². The molecule has 14 heavy (non-hydrogen) atoms. The average Bonchev–Trinajstić information content (AvgIpc) is 2.17. The van der Waals surface area contributed by atoms with Gasteiger partial charge in [0.25, 0.3) is 0 Å². The zero-order valence-electron chi connectivity index (χ0n) is 8.16. The Balaban J connectivity index is 2.38. The summed E-state index contributed by atoms with van der Waals surface area (Å²) in [6.07, 6.45) is 3.68. The molecule has 1 aromatic rings. The van der Waals surface area contributed by atoms with Crippen LogP contribution < -0.4 is 5.32 Å². The van der Waals surface area contributed by atoms with E-state index in [1.165, 1.54) is 6.08 Å². The smallest absolute Gasteiger partial charge is 0.243 e. The maximum absolute atomic E-state index is 10.8. The van der Waals surface area contributed by atoms with Gasteiger partial charge in [-0.05, 0) is 19.1 Å². The molecule has 1 N–H and O–H groups in total. The molecule has 0 saturated carbocycles. The van der Waals surface area contributed by atoms with E-state index >= 15 is 0 Å². The molecule has 0 saturated heterocycles. The van der Waals surface area contributed by atoms with Crippen LogP contribution in [-0.2, 0) is 11.2 Å². The maximum Gasteiger partial charge on any atom is 0.243 e. The Hall–Kier alpha value is -1.71. The zero-order chi connectivity index (χ0) is 10.4. The van der Waals surface area contributed by atoms with Gasteiger partial charge in [0.05, 0.1) is 0 Å². The van der Waals surface area contributed by atoms with Gasteiger partial charge in [-0.3, -0.25) is 4.79 Å². The molecule has 0 fully saturated rings. The van der Waals surface area contributed by atoms with Crippen LogP contribution in [0.25, 0.3) is 0 Å². The number of rotatable bonds is 4. The first-order chi connectivity index (χ1) is 6.72. The minimum atomic E-state index is -0.157. The van der Waals surface area contributed by atoms with Gasteiger partial charge in [-0.2, -0.15) is 0 Å². The molecule has 0 unspecified atom stereocenters.